The van der Waals surface area contributed by atoms with Gasteiger partial charge in [0.15, 0.2) is 11.5 Å². The molecule has 108 valence electrons. The number of piperidine rings is 1. The number of nitrogens with zero attached hydrogens (tertiary/aromatic N) is 1. The van der Waals surface area contributed by atoms with Gasteiger partial charge in [-0.05, 0) is 38.1 Å². The average molecular weight is 276 g/mol. The molecule has 20 heavy (non-hydrogen) atoms. The van der Waals surface area contributed by atoms with E-state index in [0.29, 0.717) is 17.5 Å². The van der Waals surface area contributed by atoms with E-state index in [0.717, 1.165) is 25.9 Å². The molecular formula is C15H20N2O3. The third-order valence-electron chi connectivity index (χ3n) is 3.99. The number of nitrogens with one attached hydrogen (secondary N) is 1. The van der Waals surface area contributed by atoms with Crippen molar-refractivity contribution in [1.29, 1.82) is 0 Å². The van der Waals surface area contributed by atoms with Crippen molar-refractivity contribution in [3.63, 3.8) is 0 Å². The van der Waals surface area contributed by atoms with E-state index in [9.17, 15) is 4.79 Å². The molecule has 0 unspecified atom stereocenters. The van der Waals surface area contributed by atoms with E-state index in [1.54, 1.807) is 0 Å². The Morgan fingerprint density at radius 1 is 1.25 bits per heavy atom. The van der Waals surface area contributed by atoms with E-state index in [2.05, 4.69) is 5.32 Å². The third kappa shape index (κ3) is 2.58. The van der Waals surface area contributed by atoms with Crippen LogP contribution in [0.25, 0.3) is 0 Å². The summed E-state index contributed by atoms with van der Waals surface area (Å²) in [5.74, 6) is 1.36. The van der Waals surface area contributed by atoms with Gasteiger partial charge in [0.1, 0.15) is 6.61 Å². The largest absolute Gasteiger partial charge is 0.485 e. The molecule has 0 aromatic heterocycles. The van der Waals surface area contributed by atoms with Crippen LogP contribution in [-0.4, -0.2) is 49.7 Å². The second-order valence-electron chi connectivity index (χ2n) is 5.29. The number of likely N-dealkylation sites (N-methyl/N-ethyl adjacent to an activating group) is 1. The van der Waals surface area contributed by atoms with E-state index < -0.39 is 6.10 Å². The fourth-order valence-corrected chi connectivity index (χ4v) is 2.74. The van der Waals surface area contributed by atoms with Gasteiger partial charge in [-0.2, -0.15) is 0 Å². The van der Waals surface area contributed by atoms with Gasteiger partial charge in [-0.1, -0.05) is 12.1 Å². The minimum Gasteiger partial charge on any atom is -0.485 e. The molecule has 0 saturated carbocycles. The molecule has 1 atom stereocenters. The van der Waals surface area contributed by atoms with Gasteiger partial charge in [0.05, 0.1) is 0 Å². The number of hydrogen-bond acceptors (Lipinski definition) is 4. The topological polar surface area (TPSA) is 50.8 Å². The van der Waals surface area contributed by atoms with E-state index in [4.69, 9.17) is 9.47 Å². The Morgan fingerprint density at radius 3 is 2.70 bits per heavy atom. The van der Waals surface area contributed by atoms with Crippen LogP contribution in [0.2, 0.25) is 0 Å². The molecule has 2 aliphatic rings. The van der Waals surface area contributed by atoms with Crippen LogP contribution in [0.3, 0.4) is 0 Å². The van der Waals surface area contributed by atoms with Gasteiger partial charge in [-0.3, -0.25) is 4.79 Å². The summed E-state index contributed by atoms with van der Waals surface area (Å²) < 4.78 is 11.4. The molecule has 0 radical (unpaired) electrons. The summed E-state index contributed by atoms with van der Waals surface area (Å²) >= 11 is 0. The lowest BCUT2D eigenvalue weighted by Crippen LogP contribution is -2.51. The number of fused-ring (bicyclic) bond motifs is 1. The van der Waals surface area contributed by atoms with Gasteiger partial charge in [-0.25, -0.2) is 0 Å². The lowest BCUT2D eigenvalue weighted by molar-refractivity contribution is -0.142. The Morgan fingerprint density at radius 2 is 1.95 bits per heavy atom. The van der Waals surface area contributed by atoms with E-state index in [-0.39, 0.29) is 12.5 Å². The molecule has 1 amide bonds. The van der Waals surface area contributed by atoms with E-state index in [1.165, 1.54) is 0 Å². The first kappa shape index (κ1) is 13.2. The maximum atomic E-state index is 12.5. The minimum atomic E-state index is -0.537. The van der Waals surface area contributed by atoms with Crippen molar-refractivity contribution in [3.8, 4) is 11.5 Å². The highest BCUT2D eigenvalue weighted by Crippen LogP contribution is 2.31. The van der Waals surface area contributed by atoms with E-state index in [1.807, 2.05) is 36.2 Å². The summed E-state index contributed by atoms with van der Waals surface area (Å²) in [5.41, 5.74) is 0. The summed E-state index contributed by atoms with van der Waals surface area (Å²) in [6.45, 7) is 2.21. The Balaban J connectivity index is 1.66. The number of ether oxygens (including phenoxy) is 2. The van der Waals surface area contributed by atoms with Crippen molar-refractivity contribution in [2.24, 2.45) is 0 Å². The standard InChI is InChI=1S/C15H20N2O3/c1-17(11-6-8-16-9-7-11)15(18)14-10-19-12-4-2-3-5-13(12)20-14/h2-5,11,14,16H,6-10H2,1H3/t14-/m0/s1. The number of hydrogen-bond donors (Lipinski definition) is 1. The first-order valence-corrected chi connectivity index (χ1v) is 7.11. The first-order chi connectivity index (χ1) is 9.75. The maximum Gasteiger partial charge on any atom is 0.267 e. The molecule has 2 heterocycles. The van der Waals surface area contributed by atoms with Crippen LogP contribution < -0.4 is 14.8 Å². The SMILES string of the molecule is CN(C(=O)[C@@H]1COc2ccccc2O1)C1CCNCC1. The molecule has 1 saturated heterocycles. The number of rotatable bonds is 2. The Labute approximate surface area is 118 Å². The van der Waals surface area contributed by atoms with Crippen LogP contribution in [0, 0.1) is 0 Å². The van der Waals surface area contributed by atoms with Crippen LogP contribution in [0.5, 0.6) is 11.5 Å². The predicted octanol–water partition coefficient (Wildman–Crippen LogP) is 1.04. The highest BCUT2D eigenvalue weighted by atomic mass is 16.6. The molecular weight excluding hydrogens is 256 g/mol. The third-order valence-corrected chi connectivity index (χ3v) is 3.99. The van der Waals surface area contributed by atoms with Crippen molar-refractivity contribution in [1.82, 2.24) is 10.2 Å². The summed E-state index contributed by atoms with van der Waals surface area (Å²) in [4.78, 5) is 14.3. The van der Waals surface area contributed by atoms with Crippen molar-refractivity contribution < 1.29 is 14.3 Å². The molecule has 1 N–H and O–H groups in total. The van der Waals surface area contributed by atoms with Gasteiger partial charge in [-0.15, -0.1) is 0 Å². The number of carbonyl (C=O) groups is 1. The molecule has 5 nitrogen and oxygen atoms in total. The second kappa shape index (κ2) is 5.71. The lowest BCUT2D eigenvalue weighted by atomic mass is 10.0. The molecule has 1 fully saturated rings. The zero-order valence-electron chi connectivity index (χ0n) is 11.7. The lowest BCUT2D eigenvalue weighted by Gasteiger charge is -2.35. The number of benzene rings is 1. The number of amides is 1. The Kier molecular flexibility index (Phi) is 3.78. The smallest absolute Gasteiger partial charge is 0.267 e. The zero-order valence-corrected chi connectivity index (χ0v) is 11.7. The summed E-state index contributed by atoms with van der Waals surface area (Å²) in [6, 6.07) is 7.76. The summed E-state index contributed by atoms with van der Waals surface area (Å²) in [5, 5.41) is 3.31. The van der Waals surface area contributed by atoms with Crippen LogP contribution >= 0.6 is 0 Å². The highest BCUT2D eigenvalue weighted by molar-refractivity contribution is 5.82. The number of carbonyl (C=O) groups excluding carboxylic acids is 1. The molecule has 5 heteroatoms. The van der Waals surface area contributed by atoms with Gasteiger partial charge in [0.25, 0.3) is 5.91 Å². The summed E-state index contributed by atoms with van der Waals surface area (Å²) in [6.07, 6.45) is 1.45. The maximum absolute atomic E-state index is 12.5. The van der Waals surface area contributed by atoms with Crippen molar-refractivity contribution >= 4 is 5.91 Å². The predicted molar refractivity (Wildman–Crippen MR) is 75.0 cm³/mol. The first-order valence-electron chi connectivity index (χ1n) is 7.11. The molecule has 0 bridgehead atoms. The number of para-hydroxylation sites is 2. The minimum absolute atomic E-state index is 0.00593. The molecule has 0 aliphatic carbocycles. The highest BCUT2D eigenvalue weighted by Gasteiger charge is 2.32. The van der Waals surface area contributed by atoms with Crippen LogP contribution in [0.15, 0.2) is 24.3 Å². The van der Waals surface area contributed by atoms with Gasteiger partial charge >= 0.3 is 0 Å². The van der Waals surface area contributed by atoms with Crippen LogP contribution in [-0.2, 0) is 4.79 Å². The van der Waals surface area contributed by atoms with Crippen LogP contribution in [0.4, 0.5) is 0 Å². The Bertz CT molecular complexity index is 486. The van der Waals surface area contributed by atoms with Gasteiger partial charge in [0, 0.05) is 13.1 Å². The van der Waals surface area contributed by atoms with Crippen LogP contribution in [0.1, 0.15) is 12.8 Å². The second-order valence-corrected chi connectivity index (χ2v) is 5.29. The Hall–Kier alpha value is -1.75. The zero-order chi connectivity index (χ0) is 13.9. The fourth-order valence-electron chi connectivity index (χ4n) is 2.74. The molecule has 3 rings (SSSR count). The molecule has 2 aliphatic heterocycles. The van der Waals surface area contributed by atoms with Gasteiger partial charge in [0.2, 0.25) is 6.10 Å². The fraction of sp³-hybridized carbons (Fsp3) is 0.533. The molecule has 1 aromatic rings. The molecule has 1 aromatic carbocycles. The normalized spacial score (nSPS) is 22.4. The van der Waals surface area contributed by atoms with Crippen molar-refractivity contribution in [2.75, 3.05) is 26.7 Å². The monoisotopic (exact) mass is 276 g/mol. The molecule has 0 spiro atoms. The van der Waals surface area contributed by atoms with Gasteiger partial charge < -0.3 is 19.7 Å². The van der Waals surface area contributed by atoms with Crippen molar-refractivity contribution in [3.05, 3.63) is 24.3 Å². The van der Waals surface area contributed by atoms with E-state index >= 15 is 0 Å². The van der Waals surface area contributed by atoms with Crippen molar-refractivity contribution in [2.45, 2.75) is 25.0 Å². The average Bonchev–Trinajstić information content (AvgIpc) is 2.54. The summed E-state index contributed by atoms with van der Waals surface area (Å²) in [7, 11) is 1.86. The quantitative estimate of drug-likeness (QED) is 0.877.